The lowest BCUT2D eigenvalue weighted by Crippen LogP contribution is -2.15. The monoisotopic (exact) mass is 260 g/mol. The number of rotatable bonds is 5. The van der Waals surface area contributed by atoms with E-state index in [2.05, 4.69) is 26.0 Å². The average Bonchev–Trinajstić information content (AvgIpc) is 2.62. The number of carbonyl (C=O) groups is 1. The predicted octanol–water partition coefficient (Wildman–Crippen LogP) is 4.35. The first-order valence-corrected chi connectivity index (χ1v) is 6.89. The molecule has 0 aromatic rings. The summed E-state index contributed by atoms with van der Waals surface area (Å²) in [6.07, 6.45) is 8.76. The standard InChI is InChI=1S/C17H24O2/c1-6-9-14-12(4)13(5)15(10-7-2)16(14)11-19-17(18)8-3/h6-7,9-10,16H,8,11H2,1-5H3/b9-6-,10-7-. The van der Waals surface area contributed by atoms with E-state index < -0.39 is 0 Å². The molecule has 0 aromatic carbocycles. The molecular weight excluding hydrogens is 236 g/mol. The molecule has 104 valence electrons. The minimum atomic E-state index is -0.137. The summed E-state index contributed by atoms with van der Waals surface area (Å²) in [6, 6.07) is 0. The van der Waals surface area contributed by atoms with E-state index in [1.165, 1.54) is 22.3 Å². The highest BCUT2D eigenvalue weighted by Gasteiger charge is 2.27. The molecule has 0 amide bonds. The van der Waals surface area contributed by atoms with Gasteiger partial charge in [0, 0.05) is 12.3 Å². The van der Waals surface area contributed by atoms with Crippen LogP contribution in [-0.4, -0.2) is 12.6 Å². The van der Waals surface area contributed by atoms with Crippen molar-refractivity contribution in [1.29, 1.82) is 0 Å². The van der Waals surface area contributed by atoms with Crippen LogP contribution >= 0.6 is 0 Å². The molecule has 0 radical (unpaired) electrons. The van der Waals surface area contributed by atoms with Gasteiger partial charge >= 0.3 is 5.97 Å². The lowest BCUT2D eigenvalue weighted by atomic mass is 9.94. The fourth-order valence-corrected chi connectivity index (χ4v) is 2.42. The van der Waals surface area contributed by atoms with Crippen LogP contribution in [0.5, 0.6) is 0 Å². The Balaban J connectivity index is 3.02. The summed E-state index contributed by atoms with van der Waals surface area (Å²) in [5.74, 6) is 0.0322. The van der Waals surface area contributed by atoms with Gasteiger partial charge in [-0.1, -0.05) is 31.2 Å². The Morgan fingerprint density at radius 3 is 1.95 bits per heavy atom. The van der Waals surface area contributed by atoms with Crippen molar-refractivity contribution in [2.24, 2.45) is 5.92 Å². The predicted molar refractivity (Wildman–Crippen MR) is 79.8 cm³/mol. The second-order valence-corrected chi connectivity index (χ2v) is 4.75. The van der Waals surface area contributed by atoms with Gasteiger partial charge in [-0.2, -0.15) is 0 Å². The lowest BCUT2D eigenvalue weighted by Gasteiger charge is -2.16. The minimum Gasteiger partial charge on any atom is -0.465 e. The third kappa shape index (κ3) is 3.46. The first-order valence-electron chi connectivity index (χ1n) is 6.89. The largest absolute Gasteiger partial charge is 0.465 e. The Bertz CT molecular complexity index is 428. The quantitative estimate of drug-likeness (QED) is 0.687. The Morgan fingerprint density at radius 1 is 1.11 bits per heavy atom. The Kier molecular flexibility index (Phi) is 5.81. The first-order chi connectivity index (χ1) is 9.06. The molecule has 2 nitrogen and oxygen atoms in total. The van der Waals surface area contributed by atoms with Crippen molar-refractivity contribution in [2.75, 3.05) is 6.61 Å². The number of esters is 1. The maximum absolute atomic E-state index is 11.4. The molecule has 0 heterocycles. The fourth-order valence-electron chi connectivity index (χ4n) is 2.42. The maximum atomic E-state index is 11.4. The fraction of sp³-hybridized carbons (Fsp3) is 0.471. The highest BCUT2D eigenvalue weighted by atomic mass is 16.5. The average molecular weight is 260 g/mol. The minimum absolute atomic E-state index is 0.137. The number of allylic oxidation sites excluding steroid dienone is 6. The number of ether oxygens (including phenoxy) is 1. The molecule has 0 saturated carbocycles. The van der Waals surface area contributed by atoms with E-state index in [9.17, 15) is 4.79 Å². The van der Waals surface area contributed by atoms with E-state index in [0.717, 1.165) is 0 Å². The van der Waals surface area contributed by atoms with Crippen LogP contribution in [0.4, 0.5) is 0 Å². The van der Waals surface area contributed by atoms with Gasteiger partial charge in [-0.3, -0.25) is 4.79 Å². The van der Waals surface area contributed by atoms with Gasteiger partial charge in [-0.25, -0.2) is 0 Å². The molecule has 19 heavy (non-hydrogen) atoms. The highest BCUT2D eigenvalue weighted by molar-refractivity contribution is 5.69. The van der Waals surface area contributed by atoms with Crippen molar-refractivity contribution < 1.29 is 9.53 Å². The molecule has 1 aliphatic carbocycles. The van der Waals surface area contributed by atoms with Crippen LogP contribution in [0.3, 0.4) is 0 Å². The van der Waals surface area contributed by atoms with Gasteiger partial charge < -0.3 is 4.74 Å². The van der Waals surface area contributed by atoms with Crippen molar-refractivity contribution in [2.45, 2.75) is 41.0 Å². The zero-order chi connectivity index (χ0) is 14.4. The number of hydrogen-bond donors (Lipinski definition) is 0. The molecule has 1 rings (SSSR count). The number of hydrogen-bond acceptors (Lipinski definition) is 2. The zero-order valence-corrected chi connectivity index (χ0v) is 12.6. The molecular formula is C17H24O2. The van der Waals surface area contributed by atoms with Gasteiger partial charge in [0.15, 0.2) is 0 Å². The second-order valence-electron chi connectivity index (χ2n) is 4.75. The van der Waals surface area contributed by atoms with Crippen LogP contribution in [0.1, 0.15) is 41.0 Å². The van der Waals surface area contributed by atoms with Crippen LogP contribution in [0.15, 0.2) is 46.6 Å². The van der Waals surface area contributed by atoms with Crippen LogP contribution in [0.25, 0.3) is 0 Å². The van der Waals surface area contributed by atoms with Crippen LogP contribution in [0, 0.1) is 5.92 Å². The van der Waals surface area contributed by atoms with E-state index in [1.807, 2.05) is 32.9 Å². The molecule has 0 bridgehead atoms. The van der Waals surface area contributed by atoms with Gasteiger partial charge in [-0.15, -0.1) is 0 Å². The topological polar surface area (TPSA) is 26.3 Å². The van der Waals surface area contributed by atoms with Crippen molar-refractivity contribution >= 4 is 5.97 Å². The molecule has 0 unspecified atom stereocenters. The van der Waals surface area contributed by atoms with Gasteiger partial charge in [0.05, 0.1) is 0 Å². The molecule has 0 saturated heterocycles. The van der Waals surface area contributed by atoms with Gasteiger partial charge in [0.1, 0.15) is 6.61 Å². The van der Waals surface area contributed by atoms with Crippen molar-refractivity contribution in [3.8, 4) is 0 Å². The maximum Gasteiger partial charge on any atom is 0.305 e. The van der Waals surface area contributed by atoms with Gasteiger partial charge in [0.2, 0.25) is 0 Å². The van der Waals surface area contributed by atoms with E-state index >= 15 is 0 Å². The van der Waals surface area contributed by atoms with Crippen molar-refractivity contribution in [3.05, 3.63) is 46.6 Å². The van der Waals surface area contributed by atoms with E-state index in [4.69, 9.17) is 4.74 Å². The summed E-state index contributed by atoms with van der Waals surface area (Å²) in [5, 5.41) is 0. The normalized spacial score (nSPS) is 17.3. The summed E-state index contributed by atoms with van der Waals surface area (Å²) in [5.41, 5.74) is 5.11. The van der Waals surface area contributed by atoms with E-state index in [0.29, 0.717) is 13.0 Å². The Labute approximate surface area is 116 Å². The third-order valence-corrected chi connectivity index (χ3v) is 3.57. The molecule has 0 aliphatic heterocycles. The molecule has 0 N–H and O–H groups in total. The van der Waals surface area contributed by atoms with Crippen molar-refractivity contribution in [3.63, 3.8) is 0 Å². The molecule has 0 aromatic heterocycles. The Morgan fingerprint density at radius 2 is 1.58 bits per heavy atom. The molecule has 2 heteroatoms. The molecule has 0 atom stereocenters. The smallest absolute Gasteiger partial charge is 0.305 e. The zero-order valence-electron chi connectivity index (χ0n) is 12.6. The summed E-state index contributed by atoms with van der Waals surface area (Å²) in [4.78, 5) is 11.4. The Hall–Kier alpha value is -1.57. The van der Waals surface area contributed by atoms with Crippen molar-refractivity contribution in [1.82, 2.24) is 0 Å². The summed E-state index contributed by atoms with van der Waals surface area (Å²) in [6.45, 7) is 10.5. The van der Waals surface area contributed by atoms with E-state index in [-0.39, 0.29) is 11.9 Å². The number of carbonyl (C=O) groups excluding carboxylic acids is 1. The lowest BCUT2D eigenvalue weighted by molar-refractivity contribution is -0.143. The summed E-state index contributed by atoms with van der Waals surface area (Å²) >= 11 is 0. The van der Waals surface area contributed by atoms with Gasteiger partial charge in [-0.05, 0) is 50.0 Å². The van der Waals surface area contributed by atoms with Crippen LogP contribution < -0.4 is 0 Å². The molecule has 0 spiro atoms. The van der Waals surface area contributed by atoms with Crippen LogP contribution in [0.2, 0.25) is 0 Å². The first kappa shape index (κ1) is 15.5. The third-order valence-electron chi connectivity index (χ3n) is 3.57. The highest BCUT2D eigenvalue weighted by Crippen LogP contribution is 2.38. The molecule has 1 aliphatic rings. The summed E-state index contributed by atoms with van der Waals surface area (Å²) in [7, 11) is 0. The van der Waals surface area contributed by atoms with E-state index in [1.54, 1.807) is 0 Å². The van der Waals surface area contributed by atoms with Crippen LogP contribution in [-0.2, 0) is 9.53 Å². The van der Waals surface area contributed by atoms with Gasteiger partial charge in [0.25, 0.3) is 0 Å². The SMILES string of the molecule is C/C=C\C1=C(C)C(C)=C(/C=C\C)C1COC(=O)CC. The second kappa shape index (κ2) is 7.13. The summed E-state index contributed by atoms with van der Waals surface area (Å²) < 4.78 is 5.35. The molecule has 0 fully saturated rings.